The van der Waals surface area contributed by atoms with Gasteiger partial charge in [0.2, 0.25) is 0 Å². The molecule has 1 aromatic carbocycles. The molecule has 0 heterocycles. The van der Waals surface area contributed by atoms with Gasteiger partial charge in [0.15, 0.2) is 0 Å². The molecule has 0 aliphatic carbocycles. The van der Waals surface area contributed by atoms with Crippen LogP contribution < -0.4 is 5.11 Å². The molecule has 0 aliphatic heterocycles. The molecule has 0 atom stereocenters. The maximum Gasteiger partial charge on any atom is 0.424 e. The van der Waals surface area contributed by atoms with E-state index in [-0.39, 0.29) is 5.56 Å². The molecule has 0 bridgehead atoms. The van der Waals surface area contributed by atoms with Crippen LogP contribution in [0.3, 0.4) is 0 Å². The van der Waals surface area contributed by atoms with Gasteiger partial charge in [-0.25, -0.2) is 0 Å². The molecule has 0 saturated heterocycles. The first-order valence-corrected chi connectivity index (χ1v) is 6.28. The van der Waals surface area contributed by atoms with Gasteiger partial charge in [-0.15, -0.1) is 0 Å². The van der Waals surface area contributed by atoms with E-state index < -0.39 is 35.1 Å². The highest BCUT2D eigenvalue weighted by molar-refractivity contribution is 5.57. The molecule has 0 spiro atoms. The van der Waals surface area contributed by atoms with E-state index >= 15 is 0 Å². The molecule has 0 saturated carbocycles. The van der Waals surface area contributed by atoms with E-state index in [1.165, 1.54) is 26.8 Å². The number of hydrogen-bond donors (Lipinski definition) is 0. The standard InChI is InChI=1S/C14H14F6O3/c1-11(2,3)8-6-4-5-7-9(8)12(13(15,16)17,14(18,19)20)23-10(21)22/h4-7H,1-3H3,(H,21,22)/p-1. The number of carbonyl (C=O) groups excluding carboxylic acids is 1. The summed E-state index contributed by atoms with van der Waals surface area (Å²) in [5.41, 5.74) is -7.84. The second kappa shape index (κ2) is 5.61. The first-order chi connectivity index (χ1) is 10.1. The summed E-state index contributed by atoms with van der Waals surface area (Å²) in [6.07, 6.45) is -15.1. The van der Waals surface area contributed by atoms with Crippen LogP contribution in [0.15, 0.2) is 24.3 Å². The first-order valence-electron chi connectivity index (χ1n) is 6.28. The maximum absolute atomic E-state index is 13.3. The molecule has 0 amide bonds. The van der Waals surface area contributed by atoms with Crippen LogP contribution in [0, 0.1) is 0 Å². The zero-order valence-electron chi connectivity index (χ0n) is 12.3. The van der Waals surface area contributed by atoms with Gasteiger partial charge in [-0.1, -0.05) is 45.0 Å². The molecule has 0 aromatic heterocycles. The van der Waals surface area contributed by atoms with Crippen molar-refractivity contribution in [1.29, 1.82) is 0 Å². The minimum atomic E-state index is -6.08. The van der Waals surface area contributed by atoms with Crippen molar-refractivity contribution in [3.05, 3.63) is 35.4 Å². The number of halogens is 6. The van der Waals surface area contributed by atoms with E-state index in [9.17, 15) is 36.2 Å². The van der Waals surface area contributed by atoms with Crippen LogP contribution in [0.2, 0.25) is 0 Å². The monoisotopic (exact) mass is 343 g/mol. The molecular weight excluding hydrogens is 330 g/mol. The van der Waals surface area contributed by atoms with E-state index in [2.05, 4.69) is 4.74 Å². The molecule has 130 valence electrons. The summed E-state index contributed by atoms with van der Waals surface area (Å²) >= 11 is 0. The molecular formula is C14H13F6O3-. The van der Waals surface area contributed by atoms with E-state index in [0.29, 0.717) is 6.07 Å². The van der Waals surface area contributed by atoms with Gasteiger partial charge in [-0.3, -0.25) is 0 Å². The summed E-state index contributed by atoms with van der Waals surface area (Å²) in [5, 5.41) is 10.5. The van der Waals surface area contributed by atoms with Crippen molar-refractivity contribution >= 4 is 6.16 Å². The lowest BCUT2D eigenvalue weighted by Crippen LogP contribution is -2.59. The van der Waals surface area contributed by atoms with E-state index in [0.717, 1.165) is 12.1 Å². The number of benzene rings is 1. The smallest absolute Gasteiger partial charge is 0.424 e. The summed E-state index contributed by atoms with van der Waals surface area (Å²) in [7, 11) is 0. The Morgan fingerprint density at radius 2 is 1.30 bits per heavy atom. The average Bonchev–Trinajstić information content (AvgIpc) is 2.31. The Morgan fingerprint density at radius 1 is 0.913 bits per heavy atom. The number of carbonyl (C=O) groups is 1. The molecule has 1 aromatic rings. The predicted molar refractivity (Wildman–Crippen MR) is 65.4 cm³/mol. The Hall–Kier alpha value is -1.93. The Morgan fingerprint density at radius 3 is 1.61 bits per heavy atom. The molecule has 23 heavy (non-hydrogen) atoms. The zero-order chi connectivity index (χ0) is 18.3. The van der Waals surface area contributed by atoms with Crippen molar-refractivity contribution < 1.29 is 41.0 Å². The molecule has 0 radical (unpaired) electrons. The second-order valence-corrected chi connectivity index (χ2v) is 5.82. The fraction of sp³-hybridized carbons (Fsp3) is 0.500. The van der Waals surface area contributed by atoms with Crippen LogP contribution in [0.4, 0.5) is 31.1 Å². The van der Waals surface area contributed by atoms with Crippen LogP contribution in [-0.4, -0.2) is 18.5 Å². The largest absolute Gasteiger partial charge is 0.521 e. The topological polar surface area (TPSA) is 49.4 Å². The Labute approximate surface area is 127 Å². The minimum absolute atomic E-state index is 0.351. The summed E-state index contributed by atoms with van der Waals surface area (Å²) < 4.78 is 83.4. The van der Waals surface area contributed by atoms with E-state index in [4.69, 9.17) is 0 Å². The van der Waals surface area contributed by atoms with Crippen molar-refractivity contribution in [2.45, 2.75) is 44.1 Å². The van der Waals surface area contributed by atoms with Crippen molar-refractivity contribution in [3.63, 3.8) is 0 Å². The number of ether oxygens (including phenoxy) is 1. The summed E-state index contributed by atoms with van der Waals surface area (Å²) in [6.45, 7) is 4.17. The number of rotatable bonds is 2. The lowest BCUT2D eigenvalue weighted by atomic mass is 9.77. The van der Waals surface area contributed by atoms with Gasteiger partial charge in [0.1, 0.15) is 0 Å². The third-order valence-corrected chi connectivity index (χ3v) is 3.15. The summed E-state index contributed by atoms with van der Waals surface area (Å²) in [4.78, 5) is 10.5. The predicted octanol–water partition coefficient (Wildman–Crippen LogP) is 3.66. The lowest BCUT2D eigenvalue weighted by molar-refractivity contribution is -0.401. The third kappa shape index (κ3) is 3.37. The third-order valence-electron chi connectivity index (χ3n) is 3.15. The second-order valence-electron chi connectivity index (χ2n) is 5.82. The SMILES string of the molecule is CC(C)(C)c1ccccc1C(OC(=O)[O-])(C(F)(F)F)C(F)(F)F. The van der Waals surface area contributed by atoms with Crippen molar-refractivity contribution in [3.8, 4) is 0 Å². The van der Waals surface area contributed by atoms with Gasteiger partial charge in [0, 0.05) is 0 Å². The molecule has 0 fully saturated rings. The van der Waals surface area contributed by atoms with Gasteiger partial charge >= 0.3 is 12.4 Å². The minimum Gasteiger partial charge on any atom is -0.521 e. The van der Waals surface area contributed by atoms with Gasteiger partial charge < -0.3 is 14.6 Å². The Balaban J connectivity index is 3.90. The Bertz CT molecular complexity index is 569. The normalized spacial score (nSPS) is 13.8. The highest BCUT2D eigenvalue weighted by Crippen LogP contribution is 2.54. The number of hydrogen-bond acceptors (Lipinski definition) is 3. The van der Waals surface area contributed by atoms with Crippen LogP contribution in [-0.2, 0) is 15.8 Å². The fourth-order valence-corrected chi connectivity index (χ4v) is 2.21. The van der Waals surface area contributed by atoms with Crippen molar-refractivity contribution in [1.82, 2.24) is 0 Å². The van der Waals surface area contributed by atoms with Crippen LogP contribution in [0.5, 0.6) is 0 Å². The van der Waals surface area contributed by atoms with Crippen LogP contribution in [0.1, 0.15) is 31.9 Å². The molecule has 1 rings (SSSR count). The molecule has 3 nitrogen and oxygen atoms in total. The van der Waals surface area contributed by atoms with Crippen LogP contribution >= 0.6 is 0 Å². The molecule has 9 heteroatoms. The van der Waals surface area contributed by atoms with Gasteiger partial charge in [0.05, 0.1) is 0 Å². The average molecular weight is 343 g/mol. The van der Waals surface area contributed by atoms with Gasteiger partial charge in [0.25, 0.3) is 11.8 Å². The highest BCUT2D eigenvalue weighted by atomic mass is 19.4. The van der Waals surface area contributed by atoms with Crippen molar-refractivity contribution in [2.24, 2.45) is 0 Å². The molecule has 0 unspecified atom stereocenters. The number of alkyl halides is 6. The quantitative estimate of drug-likeness (QED) is 0.608. The Kier molecular flexibility index (Phi) is 4.66. The first kappa shape index (κ1) is 19.1. The fourth-order valence-electron chi connectivity index (χ4n) is 2.21. The lowest BCUT2D eigenvalue weighted by Gasteiger charge is -2.42. The maximum atomic E-state index is 13.3. The van der Waals surface area contributed by atoms with Crippen LogP contribution in [0.25, 0.3) is 0 Å². The van der Waals surface area contributed by atoms with E-state index in [1.54, 1.807) is 0 Å². The molecule has 0 aliphatic rings. The van der Waals surface area contributed by atoms with Crippen molar-refractivity contribution in [2.75, 3.05) is 0 Å². The summed E-state index contributed by atoms with van der Waals surface area (Å²) in [5.74, 6) is 0. The van der Waals surface area contributed by atoms with E-state index in [1.807, 2.05) is 0 Å². The summed E-state index contributed by atoms with van der Waals surface area (Å²) in [6, 6.07) is 3.79. The molecule has 0 N–H and O–H groups in total. The van der Waals surface area contributed by atoms with Gasteiger partial charge in [-0.05, 0) is 16.5 Å². The number of carboxylic acid groups (broad SMARTS) is 1. The zero-order valence-corrected chi connectivity index (χ0v) is 12.3. The highest BCUT2D eigenvalue weighted by Gasteiger charge is 2.72. The van der Waals surface area contributed by atoms with Gasteiger partial charge in [-0.2, -0.15) is 26.3 Å².